The third-order valence-electron chi connectivity index (χ3n) is 2.56. The molecule has 0 fully saturated rings. The Morgan fingerprint density at radius 3 is 2.62 bits per heavy atom. The average Bonchev–Trinajstić information content (AvgIpc) is 2.90. The molecule has 110 valence electrons. The minimum atomic E-state index is -1.16. The number of rotatable bonds is 5. The summed E-state index contributed by atoms with van der Waals surface area (Å²) in [5.74, 6) is -0.999. The summed E-state index contributed by atoms with van der Waals surface area (Å²) in [5.41, 5.74) is -0.114. The molecule has 3 N–H and O–H groups in total. The highest BCUT2D eigenvalue weighted by molar-refractivity contribution is 6.30. The van der Waals surface area contributed by atoms with Crippen LogP contribution >= 0.6 is 11.6 Å². The summed E-state index contributed by atoms with van der Waals surface area (Å²) >= 11 is 5.75. The summed E-state index contributed by atoms with van der Waals surface area (Å²) in [6, 6.07) is 7.80. The second-order valence-electron chi connectivity index (χ2n) is 4.18. The summed E-state index contributed by atoms with van der Waals surface area (Å²) in [6.45, 7) is 1.56. The van der Waals surface area contributed by atoms with Gasteiger partial charge in [0, 0.05) is 11.1 Å². The van der Waals surface area contributed by atoms with Crippen molar-refractivity contribution >= 4 is 29.3 Å². The Morgan fingerprint density at radius 2 is 2.05 bits per heavy atom. The van der Waals surface area contributed by atoms with Gasteiger partial charge in [-0.1, -0.05) is 11.6 Å². The molecule has 1 heterocycles. The van der Waals surface area contributed by atoms with E-state index in [2.05, 4.69) is 15.5 Å². The van der Waals surface area contributed by atoms with Crippen molar-refractivity contribution in [1.29, 1.82) is 0 Å². The number of carboxylic acids is 1. The zero-order valence-corrected chi connectivity index (χ0v) is 11.7. The third-order valence-corrected chi connectivity index (χ3v) is 2.81. The lowest BCUT2D eigenvalue weighted by atomic mass is 10.3. The smallest absolute Gasteiger partial charge is 0.353 e. The monoisotopic (exact) mass is 309 g/mol. The molecule has 0 saturated heterocycles. The van der Waals surface area contributed by atoms with Crippen molar-refractivity contribution < 1.29 is 19.4 Å². The summed E-state index contributed by atoms with van der Waals surface area (Å²) in [6.07, 6.45) is -0.781. The molecular weight excluding hydrogens is 298 g/mol. The van der Waals surface area contributed by atoms with E-state index in [0.29, 0.717) is 10.8 Å². The van der Waals surface area contributed by atoms with E-state index in [1.165, 1.54) is 6.07 Å². The summed E-state index contributed by atoms with van der Waals surface area (Å²) in [4.78, 5) is 22.6. The number of carbonyl (C=O) groups excluding carboxylic acids is 1. The van der Waals surface area contributed by atoms with Gasteiger partial charge in [-0.25, -0.2) is 4.79 Å². The molecule has 0 aliphatic heterocycles. The van der Waals surface area contributed by atoms with Gasteiger partial charge < -0.3 is 15.2 Å². The van der Waals surface area contributed by atoms with E-state index in [0.717, 1.165) is 0 Å². The highest BCUT2D eigenvalue weighted by Gasteiger charge is 2.17. The van der Waals surface area contributed by atoms with Crippen LogP contribution in [0.4, 0.5) is 5.82 Å². The first-order chi connectivity index (χ1) is 9.95. The Bertz CT molecular complexity index is 654. The number of carboxylic acid groups (broad SMARTS) is 1. The number of nitrogens with one attached hydrogen (secondary N) is 2. The molecule has 7 nitrogen and oxygen atoms in total. The lowest BCUT2D eigenvalue weighted by molar-refractivity contribution is -0.122. The van der Waals surface area contributed by atoms with Gasteiger partial charge in [0.1, 0.15) is 11.4 Å². The number of hydrogen-bond acceptors (Lipinski definition) is 4. The number of carbonyl (C=O) groups is 2. The lowest BCUT2D eigenvalue weighted by Gasteiger charge is -2.13. The van der Waals surface area contributed by atoms with Crippen molar-refractivity contribution in [3.8, 4) is 5.75 Å². The number of nitrogens with zero attached hydrogens (tertiary/aromatic N) is 1. The topological polar surface area (TPSA) is 104 Å². The first-order valence-electron chi connectivity index (χ1n) is 5.97. The normalized spacial score (nSPS) is 11.7. The van der Waals surface area contributed by atoms with Gasteiger partial charge in [0.25, 0.3) is 5.91 Å². The third kappa shape index (κ3) is 3.96. The Hall–Kier alpha value is -2.54. The number of anilines is 1. The SMILES string of the molecule is CC(Oc1ccc(Cl)cc1)C(=O)Nc1cc(C(=O)O)[nH]n1. The van der Waals surface area contributed by atoms with Crippen LogP contribution in [0.2, 0.25) is 5.02 Å². The van der Waals surface area contributed by atoms with E-state index < -0.39 is 18.0 Å². The number of ether oxygens (including phenoxy) is 1. The van der Waals surface area contributed by atoms with E-state index in [1.807, 2.05) is 0 Å². The quantitative estimate of drug-likeness (QED) is 0.785. The molecule has 0 spiro atoms. The fraction of sp³-hybridized carbons (Fsp3) is 0.154. The van der Waals surface area contributed by atoms with Crippen molar-refractivity contribution in [2.45, 2.75) is 13.0 Å². The summed E-state index contributed by atoms with van der Waals surface area (Å²) in [5, 5.41) is 17.7. The standard InChI is InChI=1S/C13H12ClN3O4/c1-7(21-9-4-2-8(14)3-5-9)12(18)15-11-6-10(13(19)20)16-17-11/h2-7H,1H3,(H,19,20)(H2,15,16,17,18). The van der Waals surface area contributed by atoms with Gasteiger partial charge in [-0.2, -0.15) is 5.10 Å². The van der Waals surface area contributed by atoms with Crippen molar-refractivity contribution in [2.24, 2.45) is 0 Å². The number of aromatic nitrogens is 2. The van der Waals surface area contributed by atoms with Gasteiger partial charge in [-0.15, -0.1) is 0 Å². The number of aromatic amines is 1. The molecule has 1 aromatic heterocycles. The molecular formula is C13H12ClN3O4. The number of amides is 1. The maximum atomic E-state index is 11.9. The molecule has 21 heavy (non-hydrogen) atoms. The minimum Gasteiger partial charge on any atom is -0.481 e. The Labute approximate surface area is 124 Å². The number of H-pyrrole nitrogens is 1. The molecule has 1 amide bonds. The van der Waals surface area contributed by atoms with Crippen molar-refractivity contribution in [1.82, 2.24) is 10.2 Å². The van der Waals surface area contributed by atoms with Gasteiger partial charge in [0.05, 0.1) is 0 Å². The zero-order valence-electron chi connectivity index (χ0n) is 11.0. The molecule has 1 atom stereocenters. The van der Waals surface area contributed by atoms with Crippen LogP contribution in [0.5, 0.6) is 5.75 Å². The Morgan fingerprint density at radius 1 is 1.38 bits per heavy atom. The fourth-order valence-electron chi connectivity index (χ4n) is 1.49. The molecule has 1 aromatic carbocycles. The maximum Gasteiger partial charge on any atom is 0.353 e. The molecule has 2 aromatic rings. The Kier molecular flexibility index (Phi) is 4.44. The van der Waals surface area contributed by atoms with Crippen molar-refractivity contribution in [3.05, 3.63) is 41.0 Å². The second-order valence-corrected chi connectivity index (χ2v) is 4.61. The van der Waals surface area contributed by atoms with E-state index in [4.69, 9.17) is 21.4 Å². The van der Waals surface area contributed by atoms with Crippen molar-refractivity contribution in [2.75, 3.05) is 5.32 Å². The van der Waals surface area contributed by atoms with Crippen LogP contribution in [0.3, 0.4) is 0 Å². The van der Waals surface area contributed by atoms with Gasteiger partial charge in [0.2, 0.25) is 0 Å². The van der Waals surface area contributed by atoms with E-state index in [-0.39, 0.29) is 11.5 Å². The van der Waals surface area contributed by atoms with Gasteiger partial charge in [-0.05, 0) is 31.2 Å². The van der Waals surface area contributed by atoms with E-state index in [9.17, 15) is 9.59 Å². The molecule has 0 bridgehead atoms. The number of hydrogen-bond donors (Lipinski definition) is 3. The predicted molar refractivity (Wildman–Crippen MR) is 75.7 cm³/mol. The van der Waals surface area contributed by atoms with E-state index in [1.54, 1.807) is 31.2 Å². The lowest BCUT2D eigenvalue weighted by Crippen LogP contribution is -2.30. The van der Waals surface area contributed by atoms with E-state index >= 15 is 0 Å². The molecule has 0 radical (unpaired) electrons. The second kappa shape index (κ2) is 6.27. The van der Waals surface area contributed by atoms with Crippen LogP contribution in [-0.4, -0.2) is 33.3 Å². The van der Waals surface area contributed by atoms with Crippen LogP contribution in [0.1, 0.15) is 17.4 Å². The van der Waals surface area contributed by atoms with Crippen LogP contribution in [0.25, 0.3) is 0 Å². The zero-order chi connectivity index (χ0) is 15.4. The molecule has 0 aliphatic rings. The Balaban J connectivity index is 1.95. The van der Waals surface area contributed by atoms with Gasteiger partial charge >= 0.3 is 5.97 Å². The minimum absolute atomic E-state index is 0.114. The summed E-state index contributed by atoms with van der Waals surface area (Å²) < 4.78 is 5.43. The molecule has 0 aliphatic carbocycles. The highest BCUT2D eigenvalue weighted by Crippen LogP contribution is 2.17. The van der Waals surface area contributed by atoms with Gasteiger partial charge in [0.15, 0.2) is 11.9 Å². The van der Waals surface area contributed by atoms with Crippen LogP contribution < -0.4 is 10.1 Å². The number of benzene rings is 1. The fourth-order valence-corrected chi connectivity index (χ4v) is 1.62. The summed E-state index contributed by atoms with van der Waals surface area (Å²) in [7, 11) is 0. The largest absolute Gasteiger partial charge is 0.481 e. The average molecular weight is 310 g/mol. The number of halogens is 1. The highest BCUT2D eigenvalue weighted by atomic mass is 35.5. The maximum absolute atomic E-state index is 11.9. The number of aromatic carboxylic acids is 1. The molecule has 8 heteroatoms. The van der Waals surface area contributed by atoms with Crippen LogP contribution in [-0.2, 0) is 4.79 Å². The molecule has 1 unspecified atom stereocenters. The first-order valence-corrected chi connectivity index (χ1v) is 6.35. The molecule has 0 saturated carbocycles. The predicted octanol–water partition coefficient (Wildman–Crippen LogP) is 2.17. The van der Waals surface area contributed by atoms with Crippen molar-refractivity contribution in [3.63, 3.8) is 0 Å². The first kappa shape index (κ1) is 14.9. The van der Waals surface area contributed by atoms with Gasteiger partial charge in [-0.3, -0.25) is 9.89 Å². The van der Waals surface area contributed by atoms with Crippen LogP contribution in [0, 0.1) is 0 Å². The molecule has 2 rings (SSSR count). The van der Waals surface area contributed by atoms with Crippen LogP contribution in [0.15, 0.2) is 30.3 Å².